The van der Waals surface area contributed by atoms with Crippen molar-refractivity contribution in [2.75, 3.05) is 45.9 Å². The molecule has 2 atom stereocenters. The zero-order valence-electron chi connectivity index (χ0n) is 12.7. The normalized spacial score (nSPS) is 29.5. The first-order chi connectivity index (χ1) is 9.38. The lowest BCUT2D eigenvalue weighted by atomic mass is 9.96. The van der Waals surface area contributed by atoms with Crippen LogP contribution in [0.3, 0.4) is 0 Å². The van der Waals surface area contributed by atoms with E-state index in [2.05, 4.69) is 17.1 Å². The van der Waals surface area contributed by atoms with Crippen molar-refractivity contribution < 1.29 is 4.74 Å². The minimum absolute atomic E-state index is 0.762. The lowest BCUT2D eigenvalue weighted by molar-refractivity contribution is 0.185. The summed E-state index contributed by atoms with van der Waals surface area (Å²) >= 11 is 0. The van der Waals surface area contributed by atoms with Crippen LogP contribution >= 0.6 is 0 Å². The van der Waals surface area contributed by atoms with Crippen molar-refractivity contribution in [3.05, 3.63) is 0 Å². The van der Waals surface area contributed by atoms with Crippen molar-refractivity contribution in [1.29, 1.82) is 0 Å². The third-order valence-corrected chi connectivity index (χ3v) is 4.70. The highest BCUT2D eigenvalue weighted by atomic mass is 16.5. The van der Waals surface area contributed by atoms with Crippen LogP contribution in [0.15, 0.2) is 0 Å². The Morgan fingerprint density at radius 1 is 1.16 bits per heavy atom. The van der Waals surface area contributed by atoms with Gasteiger partial charge in [-0.1, -0.05) is 19.8 Å². The van der Waals surface area contributed by atoms with Gasteiger partial charge in [-0.25, -0.2) is 0 Å². The number of rotatable bonds is 7. The van der Waals surface area contributed by atoms with E-state index in [0.717, 1.165) is 38.1 Å². The summed E-state index contributed by atoms with van der Waals surface area (Å²) in [5, 5.41) is 3.61. The molecule has 0 aromatic heterocycles. The maximum Gasteiger partial charge on any atom is 0.0507 e. The highest BCUT2D eigenvalue weighted by molar-refractivity contribution is 4.72. The van der Waals surface area contributed by atoms with Gasteiger partial charge in [-0.2, -0.15) is 0 Å². The largest absolute Gasteiger partial charge is 0.381 e. The third-order valence-electron chi connectivity index (χ3n) is 4.70. The van der Waals surface area contributed by atoms with Crippen LogP contribution in [0.2, 0.25) is 0 Å². The molecule has 3 nitrogen and oxygen atoms in total. The van der Waals surface area contributed by atoms with Crippen molar-refractivity contribution in [3.63, 3.8) is 0 Å². The summed E-state index contributed by atoms with van der Waals surface area (Å²) in [7, 11) is 0. The van der Waals surface area contributed by atoms with Gasteiger partial charge in [0.2, 0.25) is 0 Å². The minimum Gasteiger partial charge on any atom is -0.381 e. The molecule has 0 amide bonds. The topological polar surface area (TPSA) is 24.5 Å². The Morgan fingerprint density at radius 3 is 2.89 bits per heavy atom. The Balaban J connectivity index is 1.53. The molecule has 2 saturated heterocycles. The fraction of sp³-hybridized carbons (Fsp3) is 1.00. The van der Waals surface area contributed by atoms with Gasteiger partial charge in [-0.3, -0.25) is 0 Å². The van der Waals surface area contributed by atoms with Crippen molar-refractivity contribution in [2.45, 2.75) is 45.4 Å². The molecule has 2 aliphatic heterocycles. The van der Waals surface area contributed by atoms with Crippen LogP contribution in [0.1, 0.15) is 45.4 Å². The van der Waals surface area contributed by atoms with Gasteiger partial charge in [0, 0.05) is 26.2 Å². The molecular weight excluding hydrogens is 236 g/mol. The summed E-state index contributed by atoms with van der Waals surface area (Å²) in [5.41, 5.74) is 0. The van der Waals surface area contributed by atoms with E-state index in [1.54, 1.807) is 0 Å². The second-order valence-electron chi connectivity index (χ2n) is 6.36. The number of nitrogens with one attached hydrogen (secondary N) is 1. The molecule has 0 spiro atoms. The number of nitrogens with zero attached hydrogens (tertiary/aromatic N) is 1. The molecule has 2 fully saturated rings. The summed E-state index contributed by atoms with van der Waals surface area (Å²) in [5.74, 6) is 1.76. The van der Waals surface area contributed by atoms with E-state index < -0.39 is 0 Å². The van der Waals surface area contributed by atoms with E-state index in [1.807, 2.05) is 0 Å². The Labute approximate surface area is 119 Å². The second kappa shape index (κ2) is 8.93. The minimum atomic E-state index is 0.762. The van der Waals surface area contributed by atoms with Crippen molar-refractivity contribution in [3.8, 4) is 0 Å². The standard InChI is InChI=1S/C16H32N2O/c1-2-4-15-5-3-9-18(10-6-15)11-8-17-13-16-7-12-19-14-16/h15-17H,2-14H2,1H3. The molecular formula is C16H32N2O. The van der Waals surface area contributed by atoms with E-state index >= 15 is 0 Å². The molecule has 2 aliphatic rings. The molecule has 112 valence electrons. The molecule has 3 heteroatoms. The number of likely N-dealkylation sites (tertiary alicyclic amines) is 1. The highest BCUT2D eigenvalue weighted by Crippen LogP contribution is 2.21. The number of ether oxygens (including phenoxy) is 1. The lowest BCUT2D eigenvalue weighted by Gasteiger charge is -2.20. The molecule has 0 aliphatic carbocycles. The summed E-state index contributed by atoms with van der Waals surface area (Å²) in [4.78, 5) is 2.66. The first-order valence-corrected chi connectivity index (χ1v) is 8.39. The average Bonchev–Trinajstić information content (AvgIpc) is 2.83. The van der Waals surface area contributed by atoms with E-state index in [-0.39, 0.29) is 0 Å². The van der Waals surface area contributed by atoms with Crippen LogP contribution in [0, 0.1) is 11.8 Å². The van der Waals surface area contributed by atoms with E-state index in [4.69, 9.17) is 4.74 Å². The Hall–Kier alpha value is -0.120. The van der Waals surface area contributed by atoms with Gasteiger partial charge in [-0.15, -0.1) is 0 Å². The van der Waals surface area contributed by atoms with Crippen molar-refractivity contribution in [1.82, 2.24) is 10.2 Å². The van der Waals surface area contributed by atoms with Crippen LogP contribution in [0.25, 0.3) is 0 Å². The molecule has 0 bridgehead atoms. The predicted octanol–water partition coefficient (Wildman–Crippen LogP) is 2.51. The van der Waals surface area contributed by atoms with Crippen LogP contribution in [0.4, 0.5) is 0 Å². The van der Waals surface area contributed by atoms with E-state index in [9.17, 15) is 0 Å². The predicted molar refractivity (Wildman–Crippen MR) is 80.5 cm³/mol. The first kappa shape index (κ1) is 15.3. The van der Waals surface area contributed by atoms with E-state index in [0.29, 0.717) is 0 Å². The third kappa shape index (κ3) is 5.80. The van der Waals surface area contributed by atoms with Gasteiger partial charge in [0.05, 0.1) is 6.61 Å². The monoisotopic (exact) mass is 268 g/mol. The zero-order chi connectivity index (χ0) is 13.3. The SMILES string of the molecule is CCCC1CCCN(CCNCC2CCOC2)CC1. The Kier molecular flexibility index (Phi) is 7.18. The van der Waals surface area contributed by atoms with Gasteiger partial charge in [0.25, 0.3) is 0 Å². The molecule has 2 unspecified atom stereocenters. The fourth-order valence-corrected chi connectivity index (χ4v) is 3.43. The van der Waals surface area contributed by atoms with Gasteiger partial charge < -0.3 is 15.0 Å². The van der Waals surface area contributed by atoms with Crippen LogP contribution in [0.5, 0.6) is 0 Å². The number of hydrogen-bond acceptors (Lipinski definition) is 3. The summed E-state index contributed by atoms with van der Waals surface area (Å²) in [6.45, 7) is 10.4. The number of hydrogen-bond donors (Lipinski definition) is 1. The molecule has 0 aromatic carbocycles. The fourth-order valence-electron chi connectivity index (χ4n) is 3.43. The molecule has 0 aromatic rings. The Bertz CT molecular complexity index is 229. The van der Waals surface area contributed by atoms with Crippen LogP contribution < -0.4 is 5.32 Å². The van der Waals surface area contributed by atoms with Gasteiger partial charge in [0.15, 0.2) is 0 Å². The van der Waals surface area contributed by atoms with Crippen LogP contribution in [-0.4, -0.2) is 50.8 Å². The summed E-state index contributed by atoms with van der Waals surface area (Å²) < 4.78 is 5.40. The van der Waals surface area contributed by atoms with Crippen molar-refractivity contribution >= 4 is 0 Å². The molecule has 0 saturated carbocycles. The van der Waals surface area contributed by atoms with Gasteiger partial charge in [0.1, 0.15) is 0 Å². The Morgan fingerprint density at radius 2 is 2.11 bits per heavy atom. The van der Waals surface area contributed by atoms with Gasteiger partial charge >= 0.3 is 0 Å². The zero-order valence-corrected chi connectivity index (χ0v) is 12.7. The smallest absolute Gasteiger partial charge is 0.0507 e. The van der Waals surface area contributed by atoms with Gasteiger partial charge in [-0.05, 0) is 50.6 Å². The first-order valence-electron chi connectivity index (χ1n) is 8.39. The highest BCUT2D eigenvalue weighted by Gasteiger charge is 2.17. The molecule has 2 rings (SSSR count). The molecule has 0 radical (unpaired) electrons. The lowest BCUT2D eigenvalue weighted by Crippen LogP contribution is -2.34. The van der Waals surface area contributed by atoms with Crippen molar-refractivity contribution in [2.24, 2.45) is 11.8 Å². The molecule has 1 N–H and O–H groups in total. The molecule has 19 heavy (non-hydrogen) atoms. The average molecular weight is 268 g/mol. The molecule has 2 heterocycles. The summed E-state index contributed by atoms with van der Waals surface area (Å²) in [6.07, 6.45) is 8.32. The van der Waals surface area contributed by atoms with Crippen LogP contribution in [-0.2, 0) is 4.74 Å². The maximum atomic E-state index is 5.40. The quantitative estimate of drug-likeness (QED) is 0.718. The maximum absolute atomic E-state index is 5.40. The van der Waals surface area contributed by atoms with E-state index in [1.165, 1.54) is 58.2 Å². The second-order valence-corrected chi connectivity index (χ2v) is 6.36. The summed E-state index contributed by atoms with van der Waals surface area (Å²) in [6, 6.07) is 0.